The van der Waals surface area contributed by atoms with Crippen molar-refractivity contribution >= 4 is 37.5 Å². The molecule has 2 radical (unpaired) electrons. The van der Waals surface area contributed by atoms with Crippen LogP contribution in [0.5, 0.6) is 11.5 Å². The standard InChI is InChI=1S/C51H62BNO16/c1-12-37-65-35-22-36-50(24-62-36,69-28(6)55)41-43(68-45(56)29-16-14-13-15-17-29)51(59)23-34(26(4)38(48(51,7)8)40(63-27(5)54)42(66-37)49(35,41)9)64-46(57)39-32(20-25(2)3)53(47(52)58)44(67-39)31-19-18-30(60-10)21-33(31)61-11/h12-19,21,25,32,34-37,39-44,59H,1,20,22-24H2,2-11H3/t32?,34-,35-,36+,37?,39+,40-,41-,42?,43-,44?,49+,50-,51+/m0/s1. The van der Waals surface area contributed by atoms with Crippen LogP contribution in [-0.2, 0) is 52.3 Å². The lowest BCUT2D eigenvalue weighted by molar-refractivity contribution is -0.405. The van der Waals surface area contributed by atoms with Crippen LogP contribution in [0.4, 0.5) is 4.79 Å². The van der Waals surface area contributed by atoms with Gasteiger partial charge < -0.3 is 57.4 Å². The van der Waals surface area contributed by atoms with Gasteiger partial charge in [-0.05, 0) is 60.8 Å². The third kappa shape index (κ3) is 8.13. The van der Waals surface area contributed by atoms with E-state index in [1.54, 1.807) is 69.3 Å². The summed E-state index contributed by atoms with van der Waals surface area (Å²) in [5.41, 5.74) is -5.35. The molecule has 3 aliphatic carbocycles. The molecule has 14 atom stereocenters. The summed E-state index contributed by atoms with van der Waals surface area (Å²) in [6.45, 7) is 17.2. The van der Waals surface area contributed by atoms with E-state index >= 15 is 4.79 Å². The number of carbonyl (C=O) groups is 5. The number of hydrogen-bond donors (Lipinski definition) is 1. The number of amides is 1. The maximum absolute atomic E-state index is 15.1. The van der Waals surface area contributed by atoms with Gasteiger partial charge in [0.1, 0.15) is 41.5 Å². The molecule has 2 aromatic rings. The Morgan fingerprint density at radius 1 is 0.942 bits per heavy atom. The molecule has 0 spiro atoms. The average Bonchev–Trinajstić information content (AvgIpc) is 3.66. The Kier molecular flexibility index (Phi) is 13.4. The molecule has 0 aromatic heterocycles. The van der Waals surface area contributed by atoms with Crippen LogP contribution in [0.25, 0.3) is 0 Å². The van der Waals surface area contributed by atoms with E-state index in [0.717, 1.165) is 0 Å². The Morgan fingerprint density at radius 2 is 1.65 bits per heavy atom. The number of nitrogens with zero attached hydrogens (tertiary/aromatic N) is 1. The highest BCUT2D eigenvalue weighted by atomic mass is 16.7. The monoisotopic (exact) mass is 955 g/mol. The van der Waals surface area contributed by atoms with Crippen LogP contribution < -0.4 is 9.47 Å². The molecule has 3 heterocycles. The van der Waals surface area contributed by atoms with E-state index < -0.39 is 125 Å². The van der Waals surface area contributed by atoms with Gasteiger partial charge in [0.05, 0.1) is 44.5 Å². The Bertz CT molecular complexity index is 2410. The highest BCUT2D eigenvalue weighted by Crippen LogP contribution is 2.67. The van der Waals surface area contributed by atoms with Crippen molar-refractivity contribution in [2.24, 2.45) is 22.7 Å². The van der Waals surface area contributed by atoms with Crippen LogP contribution in [0.1, 0.15) is 96.8 Å². The first-order chi connectivity index (χ1) is 32.6. The summed E-state index contributed by atoms with van der Waals surface area (Å²) in [4.78, 5) is 71.3. The maximum atomic E-state index is 15.1. The third-order valence-corrected chi connectivity index (χ3v) is 15.5. The molecule has 1 N–H and O–H groups in total. The normalized spacial score (nSPS) is 36.3. The Morgan fingerprint density at radius 3 is 2.23 bits per heavy atom. The lowest BCUT2D eigenvalue weighted by Crippen LogP contribution is -2.83. The number of hydrogen-bond acceptors (Lipinski definition) is 16. The van der Waals surface area contributed by atoms with Gasteiger partial charge in [-0.3, -0.25) is 14.4 Å². The number of methoxy groups -OCH3 is 2. The summed E-state index contributed by atoms with van der Waals surface area (Å²) in [5, 5.41) is 14.1. The molecule has 2 aromatic carbocycles. The second-order valence-corrected chi connectivity index (χ2v) is 20.2. The van der Waals surface area contributed by atoms with E-state index in [4.69, 9.17) is 55.2 Å². The number of carbonyl (C=O) groups excluding carboxylic acids is 5. The molecule has 3 aliphatic heterocycles. The van der Waals surface area contributed by atoms with Crippen molar-refractivity contribution in [3.05, 3.63) is 83.5 Å². The quantitative estimate of drug-likeness (QED) is 0.118. The summed E-state index contributed by atoms with van der Waals surface area (Å²) < 4.78 is 63.2. The van der Waals surface area contributed by atoms with E-state index in [2.05, 4.69) is 6.58 Å². The van der Waals surface area contributed by atoms with Crippen molar-refractivity contribution < 1.29 is 76.4 Å². The van der Waals surface area contributed by atoms with E-state index in [-0.39, 0.29) is 30.9 Å². The number of esters is 4. The molecule has 17 nitrogen and oxygen atoms in total. The SMILES string of the molecule is [B]C(=O)N1C(c2ccc(OC)cc2OC)O[C@@H](C(=O)O[C@H]2C[C@@]3(O)[C@@H](OC(=O)c4ccccc4)[C@@H]4[C@]5(OC(C)=O)CO[C@@H]5C[C@@H]5OC(C=C)OC([C@@H](OC(C)=O)C(=C2C)C3(C)C)[C@]54C)C1CC(C)C. The molecule has 2 saturated carbocycles. The van der Waals surface area contributed by atoms with Crippen molar-refractivity contribution in [2.45, 2.75) is 147 Å². The maximum Gasteiger partial charge on any atom is 0.338 e. The summed E-state index contributed by atoms with van der Waals surface area (Å²) in [7, 11) is 9.04. The van der Waals surface area contributed by atoms with Gasteiger partial charge in [0.15, 0.2) is 36.1 Å². The van der Waals surface area contributed by atoms with E-state index in [1.807, 2.05) is 20.8 Å². The Labute approximate surface area is 403 Å². The van der Waals surface area contributed by atoms with Gasteiger partial charge in [0, 0.05) is 49.1 Å². The Hall–Kier alpha value is -5.27. The second kappa shape index (κ2) is 18.5. The summed E-state index contributed by atoms with van der Waals surface area (Å²) in [5.74, 6) is -4.37. The fourth-order valence-corrected chi connectivity index (χ4v) is 12.4. The van der Waals surface area contributed by atoms with E-state index in [1.165, 1.54) is 39.0 Å². The first-order valence-corrected chi connectivity index (χ1v) is 23.3. The number of ether oxygens (including phenoxy) is 10. The van der Waals surface area contributed by atoms with Gasteiger partial charge in [-0.25, -0.2) is 9.59 Å². The lowest BCUT2D eigenvalue weighted by Gasteiger charge is -2.71. The van der Waals surface area contributed by atoms with Gasteiger partial charge in [0.2, 0.25) is 7.85 Å². The molecule has 1 amide bonds. The van der Waals surface area contributed by atoms with Gasteiger partial charge >= 0.3 is 23.9 Å². The highest BCUT2D eigenvalue weighted by Gasteiger charge is 2.80. The van der Waals surface area contributed by atoms with Crippen LogP contribution in [0.3, 0.4) is 0 Å². The van der Waals surface area contributed by atoms with Crippen LogP contribution in [0, 0.1) is 22.7 Å². The topological polar surface area (TPSA) is 201 Å². The summed E-state index contributed by atoms with van der Waals surface area (Å²) in [6.07, 6.45) is -9.11. The molecule has 4 unspecified atom stereocenters. The first kappa shape index (κ1) is 50.1. The highest BCUT2D eigenvalue weighted by molar-refractivity contribution is 6.57. The minimum Gasteiger partial charge on any atom is -0.497 e. The van der Waals surface area contributed by atoms with Gasteiger partial charge in [0.25, 0.3) is 0 Å². The van der Waals surface area contributed by atoms with Crippen LogP contribution >= 0.6 is 0 Å². The molecule has 8 rings (SSSR count). The zero-order valence-corrected chi connectivity index (χ0v) is 40.8. The predicted octanol–water partition coefficient (Wildman–Crippen LogP) is 5.69. The van der Waals surface area contributed by atoms with Gasteiger partial charge in [-0.2, -0.15) is 0 Å². The average molecular weight is 956 g/mol. The van der Waals surface area contributed by atoms with Crippen molar-refractivity contribution in [1.82, 2.24) is 4.90 Å². The lowest BCUT2D eigenvalue weighted by atomic mass is 9.44. The third-order valence-electron chi connectivity index (χ3n) is 15.5. The largest absolute Gasteiger partial charge is 0.497 e. The van der Waals surface area contributed by atoms with Crippen LogP contribution in [0.2, 0.25) is 0 Å². The minimum absolute atomic E-state index is 0.0696. The van der Waals surface area contributed by atoms with Gasteiger partial charge in [-0.15, -0.1) is 0 Å². The zero-order valence-electron chi connectivity index (χ0n) is 40.8. The number of aliphatic hydroxyl groups is 1. The number of rotatable bonds is 12. The summed E-state index contributed by atoms with van der Waals surface area (Å²) >= 11 is 0. The van der Waals surface area contributed by atoms with Crippen molar-refractivity contribution in [3.8, 4) is 11.5 Å². The molecule has 69 heavy (non-hydrogen) atoms. The predicted molar refractivity (Wildman–Crippen MR) is 245 cm³/mol. The minimum atomic E-state index is -2.23. The smallest absolute Gasteiger partial charge is 0.338 e. The zero-order chi connectivity index (χ0) is 50.1. The Balaban J connectivity index is 1.32. The van der Waals surface area contributed by atoms with E-state index in [9.17, 15) is 24.3 Å². The molecule has 3 saturated heterocycles. The molecular formula is C51H62BNO16. The van der Waals surface area contributed by atoms with Crippen LogP contribution in [0.15, 0.2) is 72.3 Å². The molecule has 18 heteroatoms. The molecule has 5 fully saturated rings. The number of benzene rings is 2. The molecule has 370 valence electrons. The fourth-order valence-electron chi connectivity index (χ4n) is 12.4. The molecule has 6 aliphatic rings. The van der Waals surface area contributed by atoms with Crippen molar-refractivity contribution in [2.75, 3.05) is 20.8 Å². The summed E-state index contributed by atoms with van der Waals surface area (Å²) in [6, 6.07) is 12.2. The van der Waals surface area contributed by atoms with E-state index in [0.29, 0.717) is 28.2 Å². The molecular weight excluding hydrogens is 893 g/mol. The number of fused-ring (bicyclic) bond motifs is 4. The second-order valence-electron chi connectivity index (χ2n) is 20.2. The fraction of sp³-hybridized carbons (Fsp3) is 0.588. The van der Waals surface area contributed by atoms with Crippen molar-refractivity contribution in [1.29, 1.82) is 0 Å². The van der Waals surface area contributed by atoms with Crippen LogP contribution in [-0.4, -0.2) is 135 Å². The van der Waals surface area contributed by atoms with Crippen molar-refractivity contribution in [3.63, 3.8) is 0 Å². The molecule has 2 bridgehead atoms. The first-order valence-electron chi connectivity index (χ1n) is 23.3. The van der Waals surface area contributed by atoms with Gasteiger partial charge in [-0.1, -0.05) is 59.4 Å².